The molecule has 0 unspecified atom stereocenters. The van der Waals surface area contributed by atoms with Gasteiger partial charge in [-0.15, -0.1) is 0 Å². The fourth-order valence-electron chi connectivity index (χ4n) is 2.90. The molecule has 0 saturated heterocycles. The molecular weight excluding hydrogens is 370 g/mol. The van der Waals surface area contributed by atoms with Crippen LogP contribution in [0.2, 0.25) is 0 Å². The van der Waals surface area contributed by atoms with Gasteiger partial charge in [0.25, 0.3) is 5.91 Å². The lowest BCUT2D eigenvalue weighted by atomic mass is 9.98. The molecule has 0 radical (unpaired) electrons. The topological polar surface area (TPSA) is 73.9 Å². The number of benzene rings is 2. The molecule has 6 heteroatoms. The first kappa shape index (κ1) is 22.3. The molecule has 6 nitrogen and oxygen atoms in total. The number of carbonyl (C=O) groups is 2. The van der Waals surface area contributed by atoms with E-state index in [0.29, 0.717) is 29.7 Å². The molecule has 0 fully saturated rings. The summed E-state index contributed by atoms with van der Waals surface area (Å²) in [6, 6.07) is 12.8. The molecule has 0 aliphatic heterocycles. The Labute approximate surface area is 172 Å². The minimum absolute atomic E-state index is 0.270. The summed E-state index contributed by atoms with van der Waals surface area (Å²) in [6.45, 7) is 9.84. The third-order valence-electron chi connectivity index (χ3n) is 4.34. The average molecular weight is 399 g/mol. The molecule has 0 aliphatic carbocycles. The summed E-state index contributed by atoms with van der Waals surface area (Å²) in [4.78, 5) is 24.4. The van der Waals surface area contributed by atoms with Crippen LogP contribution < -0.4 is 14.8 Å². The number of carbonyl (C=O) groups excluding carboxylic acids is 2. The fourth-order valence-corrected chi connectivity index (χ4v) is 2.90. The van der Waals surface area contributed by atoms with E-state index in [0.717, 1.165) is 5.56 Å². The number of rotatable bonds is 9. The molecule has 0 spiro atoms. The molecule has 0 bridgehead atoms. The van der Waals surface area contributed by atoms with Crippen LogP contribution in [0.15, 0.2) is 42.5 Å². The Morgan fingerprint density at radius 2 is 1.76 bits per heavy atom. The van der Waals surface area contributed by atoms with Gasteiger partial charge in [-0.3, -0.25) is 4.79 Å². The number of hydrogen-bond donors (Lipinski definition) is 1. The van der Waals surface area contributed by atoms with Gasteiger partial charge < -0.3 is 19.5 Å². The van der Waals surface area contributed by atoms with Crippen molar-refractivity contribution in [2.75, 3.05) is 18.5 Å². The molecule has 2 aromatic carbocycles. The Balaban J connectivity index is 1.87. The highest BCUT2D eigenvalue weighted by Crippen LogP contribution is 2.24. The van der Waals surface area contributed by atoms with E-state index >= 15 is 0 Å². The van der Waals surface area contributed by atoms with E-state index in [1.54, 1.807) is 18.2 Å². The molecule has 2 rings (SSSR count). The molecule has 2 aromatic rings. The molecule has 0 aromatic heterocycles. The SMILES string of the molecule is CCOc1ccccc1NC(=O)[C@H](C)OC(=O)COc1ccc(C(C)C)c(C)c1. The first-order valence-corrected chi connectivity index (χ1v) is 9.77. The van der Waals surface area contributed by atoms with Crippen LogP contribution in [-0.2, 0) is 14.3 Å². The van der Waals surface area contributed by atoms with Crippen molar-refractivity contribution in [3.8, 4) is 11.5 Å². The van der Waals surface area contributed by atoms with Crippen LogP contribution in [0.4, 0.5) is 5.69 Å². The second-order valence-electron chi connectivity index (χ2n) is 7.01. The predicted octanol–water partition coefficient (Wildman–Crippen LogP) is 4.47. The molecule has 0 heterocycles. The quantitative estimate of drug-likeness (QED) is 0.630. The third kappa shape index (κ3) is 6.52. The smallest absolute Gasteiger partial charge is 0.344 e. The standard InChI is InChI=1S/C23H29NO5/c1-6-27-21-10-8-7-9-20(21)24-23(26)17(5)29-22(25)14-28-18-11-12-19(15(2)3)16(4)13-18/h7-13,15,17H,6,14H2,1-5H3,(H,24,26)/t17-/m0/s1. The number of ether oxygens (including phenoxy) is 3. The van der Waals surface area contributed by atoms with E-state index in [1.807, 2.05) is 38.1 Å². The number of amides is 1. The lowest BCUT2D eigenvalue weighted by Crippen LogP contribution is -2.31. The van der Waals surface area contributed by atoms with Crippen LogP contribution in [0, 0.1) is 6.92 Å². The van der Waals surface area contributed by atoms with Crippen LogP contribution in [0.25, 0.3) is 0 Å². The molecule has 0 saturated carbocycles. The molecule has 0 aliphatic rings. The third-order valence-corrected chi connectivity index (χ3v) is 4.34. The van der Waals surface area contributed by atoms with Gasteiger partial charge in [0.05, 0.1) is 12.3 Å². The van der Waals surface area contributed by atoms with Gasteiger partial charge in [-0.25, -0.2) is 4.79 Å². The lowest BCUT2D eigenvalue weighted by molar-refractivity contribution is -0.155. The fraction of sp³-hybridized carbons (Fsp3) is 0.391. The maximum absolute atomic E-state index is 12.3. The van der Waals surface area contributed by atoms with E-state index < -0.39 is 18.0 Å². The molecule has 1 amide bonds. The first-order valence-electron chi connectivity index (χ1n) is 9.77. The zero-order valence-corrected chi connectivity index (χ0v) is 17.7. The second kappa shape index (κ2) is 10.5. The molecule has 29 heavy (non-hydrogen) atoms. The monoisotopic (exact) mass is 399 g/mol. The summed E-state index contributed by atoms with van der Waals surface area (Å²) < 4.78 is 16.2. The Kier molecular flexibility index (Phi) is 8.07. The van der Waals surface area contributed by atoms with Crippen molar-refractivity contribution >= 4 is 17.6 Å². The normalized spacial score (nSPS) is 11.7. The maximum Gasteiger partial charge on any atom is 0.344 e. The molecule has 156 valence electrons. The van der Waals surface area contributed by atoms with E-state index in [2.05, 4.69) is 19.2 Å². The summed E-state index contributed by atoms with van der Waals surface area (Å²) in [5.41, 5.74) is 2.86. The number of anilines is 1. The first-order chi connectivity index (χ1) is 13.8. The Hall–Kier alpha value is -3.02. The van der Waals surface area contributed by atoms with Crippen molar-refractivity contribution in [3.63, 3.8) is 0 Å². The number of nitrogens with one attached hydrogen (secondary N) is 1. The number of para-hydroxylation sites is 2. The molecule has 1 N–H and O–H groups in total. The van der Waals surface area contributed by atoms with Crippen molar-refractivity contribution in [1.29, 1.82) is 0 Å². The number of esters is 1. The van der Waals surface area contributed by atoms with Crippen LogP contribution in [0.5, 0.6) is 11.5 Å². The van der Waals surface area contributed by atoms with Gasteiger partial charge in [-0.05, 0) is 62.1 Å². The van der Waals surface area contributed by atoms with Crippen molar-refractivity contribution in [2.45, 2.75) is 46.6 Å². The highest BCUT2D eigenvalue weighted by atomic mass is 16.6. The van der Waals surface area contributed by atoms with Crippen LogP contribution in [0.1, 0.15) is 44.7 Å². The van der Waals surface area contributed by atoms with Gasteiger partial charge in [-0.1, -0.05) is 32.0 Å². The van der Waals surface area contributed by atoms with Gasteiger partial charge >= 0.3 is 5.97 Å². The van der Waals surface area contributed by atoms with Crippen LogP contribution in [-0.4, -0.2) is 31.2 Å². The van der Waals surface area contributed by atoms with Crippen molar-refractivity contribution in [1.82, 2.24) is 0 Å². The minimum atomic E-state index is -0.967. The van der Waals surface area contributed by atoms with Crippen LogP contribution in [0.3, 0.4) is 0 Å². The lowest BCUT2D eigenvalue weighted by Gasteiger charge is -2.16. The zero-order valence-electron chi connectivity index (χ0n) is 17.7. The van der Waals surface area contributed by atoms with Gasteiger partial charge in [0, 0.05) is 0 Å². The maximum atomic E-state index is 12.3. The minimum Gasteiger partial charge on any atom is -0.492 e. The van der Waals surface area contributed by atoms with Gasteiger partial charge in [-0.2, -0.15) is 0 Å². The van der Waals surface area contributed by atoms with E-state index in [-0.39, 0.29) is 6.61 Å². The van der Waals surface area contributed by atoms with Crippen molar-refractivity contribution < 1.29 is 23.8 Å². The van der Waals surface area contributed by atoms with Gasteiger partial charge in [0.1, 0.15) is 11.5 Å². The van der Waals surface area contributed by atoms with Crippen LogP contribution >= 0.6 is 0 Å². The van der Waals surface area contributed by atoms with Gasteiger partial charge in [0.2, 0.25) is 0 Å². The highest BCUT2D eigenvalue weighted by Gasteiger charge is 2.19. The molecule has 1 atom stereocenters. The summed E-state index contributed by atoms with van der Waals surface area (Å²) >= 11 is 0. The van der Waals surface area contributed by atoms with E-state index in [1.165, 1.54) is 12.5 Å². The summed E-state index contributed by atoms with van der Waals surface area (Å²) in [6.07, 6.45) is -0.967. The summed E-state index contributed by atoms with van der Waals surface area (Å²) in [7, 11) is 0. The zero-order chi connectivity index (χ0) is 21.4. The summed E-state index contributed by atoms with van der Waals surface area (Å²) in [5.74, 6) is 0.511. The largest absolute Gasteiger partial charge is 0.492 e. The second-order valence-corrected chi connectivity index (χ2v) is 7.01. The molecular formula is C23H29NO5. The number of hydrogen-bond acceptors (Lipinski definition) is 5. The average Bonchev–Trinajstić information content (AvgIpc) is 2.67. The van der Waals surface area contributed by atoms with Gasteiger partial charge in [0.15, 0.2) is 12.7 Å². The van der Waals surface area contributed by atoms with E-state index in [4.69, 9.17) is 14.2 Å². The Morgan fingerprint density at radius 3 is 2.41 bits per heavy atom. The Bertz CT molecular complexity index is 847. The van der Waals surface area contributed by atoms with Crippen molar-refractivity contribution in [2.24, 2.45) is 0 Å². The summed E-state index contributed by atoms with van der Waals surface area (Å²) in [5, 5.41) is 2.72. The Morgan fingerprint density at radius 1 is 1.03 bits per heavy atom. The predicted molar refractivity (Wildman–Crippen MR) is 113 cm³/mol. The van der Waals surface area contributed by atoms with E-state index in [9.17, 15) is 9.59 Å². The highest BCUT2D eigenvalue weighted by molar-refractivity contribution is 5.96. The van der Waals surface area contributed by atoms with Crippen molar-refractivity contribution in [3.05, 3.63) is 53.6 Å². The number of aryl methyl sites for hydroxylation is 1.